The Bertz CT molecular complexity index is 852. The number of hydrogen-bond donors (Lipinski definition) is 0. The molecule has 1 aromatic carbocycles. The van der Waals surface area contributed by atoms with Crippen molar-refractivity contribution in [2.75, 3.05) is 39.9 Å². The third-order valence-electron chi connectivity index (χ3n) is 5.84. The van der Waals surface area contributed by atoms with Gasteiger partial charge in [0.2, 0.25) is 5.91 Å². The van der Waals surface area contributed by atoms with Gasteiger partial charge in [0.05, 0.1) is 22.3 Å². The van der Waals surface area contributed by atoms with Gasteiger partial charge in [-0.05, 0) is 37.5 Å². The maximum Gasteiger partial charge on any atom is 0.253 e. The van der Waals surface area contributed by atoms with Crippen LogP contribution in [0.3, 0.4) is 0 Å². The van der Waals surface area contributed by atoms with Crippen LogP contribution in [0.4, 0.5) is 0 Å². The molecule has 2 aliphatic heterocycles. The van der Waals surface area contributed by atoms with Crippen LogP contribution >= 0.6 is 11.3 Å². The lowest BCUT2D eigenvalue weighted by molar-refractivity contribution is -0.139. The number of carbonyl (C=O) groups is 2. The quantitative estimate of drug-likeness (QED) is 0.809. The Kier molecular flexibility index (Phi) is 5.14. The summed E-state index contributed by atoms with van der Waals surface area (Å²) < 4.78 is 6.19. The van der Waals surface area contributed by atoms with Gasteiger partial charge in [0.15, 0.2) is 0 Å². The third-order valence-corrected chi connectivity index (χ3v) is 6.63. The summed E-state index contributed by atoms with van der Waals surface area (Å²) in [6.07, 6.45) is 3.49. The minimum absolute atomic E-state index is 0.0180. The monoisotopic (exact) mass is 387 g/mol. The minimum Gasteiger partial charge on any atom is -0.383 e. The molecular formula is C20H25N3O3S. The minimum atomic E-state index is 0.0180. The Hall–Kier alpha value is -1.99. The van der Waals surface area contributed by atoms with Gasteiger partial charge in [-0.25, -0.2) is 4.98 Å². The van der Waals surface area contributed by atoms with Crippen LogP contribution < -0.4 is 0 Å². The zero-order chi connectivity index (χ0) is 18.9. The molecule has 2 aliphatic rings. The number of carbonyl (C=O) groups excluding carboxylic acids is 2. The number of piperidine rings is 2. The lowest BCUT2D eigenvalue weighted by Gasteiger charge is -2.48. The number of amides is 2. The van der Waals surface area contributed by atoms with Crippen LogP contribution in [0.2, 0.25) is 0 Å². The molecule has 1 atom stereocenters. The molecule has 7 heteroatoms. The van der Waals surface area contributed by atoms with E-state index in [1.165, 1.54) is 0 Å². The second-order valence-electron chi connectivity index (χ2n) is 7.67. The molecular weight excluding hydrogens is 362 g/mol. The summed E-state index contributed by atoms with van der Waals surface area (Å²) in [4.78, 5) is 33.6. The molecule has 6 nitrogen and oxygen atoms in total. The Morgan fingerprint density at radius 2 is 2.22 bits per heavy atom. The van der Waals surface area contributed by atoms with E-state index in [4.69, 9.17) is 4.74 Å². The van der Waals surface area contributed by atoms with Gasteiger partial charge in [-0.3, -0.25) is 9.59 Å². The molecule has 4 rings (SSSR count). The van der Waals surface area contributed by atoms with E-state index in [0.717, 1.165) is 54.7 Å². The first-order valence-corrected chi connectivity index (χ1v) is 10.4. The molecule has 0 unspecified atom stereocenters. The highest BCUT2D eigenvalue weighted by Crippen LogP contribution is 2.39. The summed E-state index contributed by atoms with van der Waals surface area (Å²) in [6.45, 7) is 3.43. The van der Waals surface area contributed by atoms with E-state index >= 15 is 0 Å². The van der Waals surface area contributed by atoms with Crippen molar-refractivity contribution >= 4 is 33.4 Å². The molecule has 144 valence electrons. The fraction of sp³-hybridized carbons (Fsp3) is 0.550. The van der Waals surface area contributed by atoms with Crippen molar-refractivity contribution in [3.63, 3.8) is 0 Å². The van der Waals surface area contributed by atoms with Crippen molar-refractivity contribution < 1.29 is 14.3 Å². The zero-order valence-electron chi connectivity index (χ0n) is 15.6. The Morgan fingerprint density at radius 1 is 1.33 bits per heavy atom. The van der Waals surface area contributed by atoms with E-state index in [1.54, 1.807) is 18.4 Å². The number of rotatable bonds is 4. The Labute approximate surface area is 163 Å². The second kappa shape index (κ2) is 7.56. The number of nitrogens with zero attached hydrogens (tertiary/aromatic N) is 3. The number of likely N-dealkylation sites (tertiary alicyclic amines) is 2. The highest BCUT2D eigenvalue weighted by Gasteiger charge is 2.42. The molecule has 27 heavy (non-hydrogen) atoms. The number of methoxy groups -OCH3 is 1. The molecule has 1 spiro atoms. The third kappa shape index (κ3) is 3.71. The van der Waals surface area contributed by atoms with Crippen molar-refractivity contribution in [2.24, 2.45) is 5.41 Å². The fourth-order valence-corrected chi connectivity index (χ4v) is 5.11. The molecule has 0 saturated carbocycles. The molecule has 3 heterocycles. The summed E-state index contributed by atoms with van der Waals surface area (Å²) in [5.41, 5.74) is 3.49. The van der Waals surface area contributed by atoms with Gasteiger partial charge in [0.25, 0.3) is 5.91 Å². The van der Waals surface area contributed by atoms with Gasteiger partial charge in [-0.1, -0.05) is 0 Å². The standard InChI is InChI=1S/C20H25N3O3S/c1-26-10-9-22-12-20(7-5-18(22)24)6-2-8-23(13-20)19(25)15-3-4-16-17(11-15)27-14-21-16/h3-4,11,14H,2,5-10,12-13H2,1H3/t20-/m1/s1. The summed E-state index contributed by atoms with van der Waals surface area (Å²) in [5.74, 6) is 0.293. The van der Waals surface area contributed by atoms with Crippen LogP contribution in [-0.4, -0.2) is 66.5 Å². The van der Waals surface area contributed by atoms with Crippen LogP contribution in [0.15, 0.2) is 23.7 Å². The van der Waals surface area contributed by atoms with Gasteiger partial charge in [0.1, 0.15) is 0 Å². The molecule has 2 fully saturated rings. The molecule has 0 aliphatic carbocycles. The van der Waals surface area contributed by atoms with Crippen molar-refractivity contribution in [1.82, 2.24) is 14.8 Å². The first kappa shape index (κ1) is 18.4. The smallest absolute Gasteiger partial charge is 0.253 e. The molecule has 2 amide bonds. The summed E-state index contributed by atoms with van der Waals surface area (Å²) in [5, 5.41) is 0. The van der Waals surface area contributed by atoms with E-state index in [9.17, 15) is 9.59 Å². The maximum absolute atomic E-state index is 13.1. The molecule has 2 aromatic rings. The predicted molar refractivity (Wildman–Crippen MR) is 105 cm³/mol. The number of hydrogen-bond acceptors (Lipinski definition) is 5. The maximum atomic E-state index is 13.1. The summed E-state index contributed by atoms with van der Waals surface area (Å²) >= 11 is 1.56. The first-order chi connectivity index (χ1) is 13.1. The van der Waals surface area contributed by atoms with Crippen molar-refractivity contribution in [3.05, 3.63) is 29.3 Å². The highest BCUT2D eigenvalue weighted by atomic mass is 32.1. The molecule has 0 bridgehead atoms. The van der Waals surface area contributed by atoms with Gasteiger partial charge >= 0.3 is 0 Å². The number of ether oxygens (including phenoxy) is 1. The highest BCUT2D eigenvalue weighted by molar-refractivity contribution is 7.16. The fourth-order valence-electron chi connectivity index (χ4n) is 4.39. The molecule has 0 N–H and O–H groups in total. The SMILES string of the molecule is COCCN1C[C@@]2(CCCN(C(=O)c3ccc4ncsc4c3)C2)CCC1=O. The van der Waals surface area contributed by atoms with Gasteiger partial charge < -0.3 is 14.5 Å². The van der Waals surface area contributed by atoms with E-state index in [1.807, 2.05) is 33.5 Å². The zero-order valence-corrected chi connectivity index (χ0v) is 16.5. The summed E-state index contributed by atoms with van der Waals surface area (Å²) in [7, 11) is 1.66. The number of fused-ring (bicyclic) bond motifs is 1. The second-order valence-corrected chi connectivity index (χ2v) is 8.56. The van der Waals surface area contributed by atoms with Crippen LogP contribution in [0.1, 0.15) is 36.0 Å². The Balaban J connectivity index is 1.49. The van der Waals surface area contributed by atoms with Crippen LogP contribution in [-0.2, 0) is 9.53 Å². The van der Waals surface area contributed by atoms with Gasteiger partial charge in [-0.15, -0.1) is 11.3 Å². The van der Waals surface area contributed by atoms with E-state index < -0.39 is 0 Å². The average molecular weight is 388 g/mol. The number of benzene rings is 1. The van der Waals surface area contributed by atoms with Gasteiger partial charge in [0, 0.05) is 50.7 Å². The summed E-state index contributed by atoms with van der Waals surface area (Å²) in [6, 6.07) is 5.75. The van der Waals surface area contributed by atoms with Crippen LogP contribution in [0.25, 0.3) is 10.2 Å². The van der Waals surface area contributed by atoms with Crippen molar-refractivity contribution in [2.45, 2.75) is 25.7 Å². The van der Waals surface area contributed by atoms with E-state index in [-0.39, 0.29) is 17.2 Å². The number of aromatic nitrogens is 1. The predicted octanol–water partition coefficient (Wildman–Crippen LogP) is 2.79. The van der Waals surface area contributed by atoms with Crippen molar-refractivity contribution in [3.8, 4) is 0 Å². The largest absolute Gasteiger partial charge is 0.383 e. The van der Waals surface area contributed by atoms with Crippen LogP contribution in [0, 0.1) is 5.41 Å². The Morgan fingerprint density at radius 3 is 3.07 bits per heavy atom. The lowest BCUT2D eigenvalue weighted by atomic mass is 9.73. The number of thiazole rings is 1. The normalized spacial score (nSPS) is 23.4. The van der Waals surface area contributed by atoms with Crippen molar-refractivity contribution in [1.29, 1.82) is 0 Å². The lowest BCUT2D eigenvalue weighted by Crippen LogP contribution is -2.55. The van der Waals surface area contributed by atoms with Gasteiger partial charge in [-0.2, -0.15) is 0 Å². The first-order valence-electron chi connectivity index (χ1n) is 9.49. The molecule has 0 radical (unpaired) electrons. The average Bonchev–Trinajstić information content (AvgIpc) is 3.16. The van der Waals surface area contributed by atoms with Crippen LogP contribution in [0.5, 0.6) is 0 Å². The van der Waals surface area contributed by atoms with E-state index in [2.05, 4.69) is 4.98 Å². The molecule has 1 aromatic heterocycles. The van der Waals surface area contributed by atoms with E-state index in [0.29, 0.717) is 19.6 Å². The molecule has 2 saturated heterocycles. The topological polar surface area (TPSA) is 62.7 Å².